The van der Waals surface area contributed by atoms with Gasteiger partial charge in [-0.1, -0.05) is 60.7 Å². The molecule has 0 saturated carbocycles. The first-order chi connectivity index (χ1) is 15.6. The van der Waals surface area contributed by atoms with E-state index in [1.165, 1.54) is 5.56 Å². The van der Waals surface area contributed by atoms with E-state index >= 15 is 0 Å². The van der Waals surface area contributed by atoms with Crippen LogP contribution in [0.3, 0.4) is 0 Å². The minimum absolute atomic E-state index is 0.198. The molecule has 0 spiro atoms. The highest BCUT2D eigenvalue weighted by atomic mass is 16.2. The van der Waals surface area contributed by atoms with Crippen molar-refractivity contribution < 1.29 is 4.79 Å². The monoisotopic (exact) mass is 428 g/mol. The zero-order valence-corrected chi connectivity index (χ0v) is 18.9. The Morgan fingerprint density at radius 2 is 1.78 bits per heavy atom. The van der Waals surface area contributed by atoms with E-state index in [-0.39, 0.29) is 11.9 Å². The van der Waals surface area contributed by atoms with Crippen LogP contribution < -0.4 is 5.32 Å². The Hall–Kier alpha value is -3.02. The maximum atomic E-state index is 13.4. The molecule has 4 rings (SSSR count). The Kier molecular flexibility index (Phi) is 7.30. The van der Waals surface area contributed by atoms with Crippen LogP contribution in [-0.4, -0.2) is 60.0 Å². The zero-order valence-electron chi connectivity index (χ0n) is 18.9. The van der Waals surface area contributed by atoms with E-state index in [4.69, 9.17) is 0 Å². The number of hydrogen-bond donors (Lipinski definition) is 1. The lowest BCUT2D eigenvalue weighted by Gasteiger charge is -2.26. The average Bonchev–Trinajstić information content (AvgIpc) is 3.34. The lowest BCUT2D eigenvalue weighted by Crippen LogP contribution is -2.47. The van der Waals surface area contributed by atoms with Crippen LogP contribution in [0.5, 0.6) is 0 Å². The van der Waals surface area contributed by atoms with Crippen LogP contribution in [0.15, 0.2) is 79.0 Å². The quantitative estimate of drug-likeness (QED) is 0.596. The molecule has 1 saturated heterocycles. The molecule has 2 unspecified atom stereocenters. The summed E-state index contributed by atoms with van der Waals surface area (Å²) in [6.45, 7) is 2.28. The number of likely N-dealkylation sites (N-methyl/N-ethyl adjacent to an activating group) is 1. The number of pyridine rings is 1. The minimum atomic E-state index is -0.242. The van der Waals surface area contributed by atoms with Crippen LogP contribution in [-0.2, 0) is 17.8 Å². The number of rotatable bonds is 8. The average molecular weight is 429 g/mol. The first kappa shape index (κ1) is 22.2. The van der Waals surface area contributed by atoms with Crippen molar-refractivity contribution in [1.29, 1.82) is 0 Å². The zero-order chi connectivity index (χ0) is 22.3. The van der Waals surface area contributed by atoms with Crippen molar-refractivity contribution in [3.05, 3.63) is 90.1 Å². The van der Waals surface area contributed by atoms with Crippen molar-refractivity contribution >= 4 is 5.91 Å². The van der Waals surface area contributed by atoms with Gasteiger partial charge in [-0.3, -0.25) is 9.78 Å². The van der Waals surface area contributed by atoms with Crippen LogP contribution in [0.1, 0.15) is 17.5 Å². The number of nitrogens with zero attached hydrogens (tertiary/aromatic N) is 3. The molecule has 1 N–H and O–H groups in total. The first-order valence-corrected chi connectivity index (χ1v) is 11.3. The minimum Gasteiger partial charge on any atom is -0.340 e. The standard InChI is InChI=1S/C27H32N4O/c1-30(2)24-15-17-31(20-24)27(32)26(18-21-8-4-3-5-9-21)29-19-22-11-13-23(14-12-22)25-10-6-7-16-28-25/h3-14,16,24,26,29H,15,17-20H2,1-2H3. The largest absolute Gasteiger partial charge is 0.340 e. The van der Waals surface area contributed by atoms with Crippen LogP contribution in [0.2, 0.25) is 0 Å². The summed E-state index contributed by atoms with van der Waals surface area (Å²) < 4.78 is 0. The third kappa shape index (κ3) is 5.61. The fourth-order valence-corrected chi connectivity index (χ4v) is 4.25. The number of carbonyl (C=O) groups excluding carboxylic acids is 1. The number of aromatic nitrogens is 1. The van der Waals surface area contributed by atoms with E-state index < -0.39 is 0 Å². The molecule has 1 aliphatic heterocycles. The van der Waals surface area contributed by atoms with Gasteiger partial charge in [0.2, 0.25) is 5.91 Å². The molecule has 1 aliphatic rings. The summed E-state index contributed by atoms with van der Waals surface area (Å²) in [6.07, 6.45) is 3.53. The Bertz CT molecular complexity index is 989. The van der Waals surface area contributed by atoms with Gasteiger partial charge in [0.25, 0.3) is 0 Å². The maximum absolute atomic E-state index is 13.4. The van der Waals surface area contributed by atoms with Crippen LogP contribution in [0, 0.1) is 0 Å². The predicted molar refractivity (Wildman–Crippen MR) is 129 cm³/mol. The van der Waals surface area contributed by atoms with Crippen molar-refractivity contribution in [3.8, 4) is 11.3 Å². The number of nitrogens with one attached hydrogen (secondary N) is 1. The molecular weight excluding hydrogens is 396 g/mol. The first-order valence-electron chi connectivity index (χ1n) is 11.3. The van der Waals surface area contributed by atoms with E-state index in [1.54, 1.807) is 0 Å². The summed E-state index contributed by atoms with van der Waals surface area (Å²) in [7, 11) is 4.18. The van der Waals surface area contributed by atoms with Crippen molar-refractivity contribution in [3.63, 3.8) is 0 Å². The second-order valence-corrected chi connectivity index (χ2v) is 8.73. The molecule has 0 radical (unpaired) electrons. The van der Waals surface area contributed by atoms with Crippen molar-refractivity contribution in [2.45, 2.75) is 31.5 Å². The van der Waals surface area contributed by atoms with Gasteiger partial charge in [-0.2, -0.15) is 0 Å². The van der Waals surface area contributed by atoms with Gasteiger partial charge in [0.15, 0.2) is 0 Å². The highest BCUT2D eigenvalue weighted by Crippen LogP contribution is 2.18. The van der Waals surface area contributed by atoms with Crippen LogP contribution in [0.4, 0.5) is 0 Å². The van der Waals surface area contributed by atoms with E-state index in [0.717, 1.165) is 36.3 Å². The van der Waals surface area contributed by atoms with Gasteiger partial charge in [-0.15, -0.1) is 0 Å². The normalized spacial score (nSPS) is 17.0. The third-order valence-corrected chi connectivity index (χ3v) is 6.25. The fourth-order valence-electron chi connectivity index (χ4n) is 4.25. The second-order valence-electron chi connectivity index (χ2n) is 8.73. The Morgan fingerprint density at radius 3 is 2.44 bits per heavy atom. The van der Waals surface area contributed by atoms with Crippen molar-refractivity contribution in [2.75, 3.05) is 27.2 Å². The molecule has 2 aromatic carbocycles. The molecule has 1 fully saturated rings. The van der Waals surface area contributed by atoms with E-state index in [1.807, 2.05) is 47.5 Å². The van der Waals surface area contributed by atoms with Gasteiger partial charge < -0.3 is 15.1 Å². The molecule has 5 heteroatoms. The van der Waals surface area contributed by atoms with Crippen LogP contribution >= 0.6 is 0 Å². The van der Waals surface area contributed by atoms with Crippen molar-refractivity contribution in [2.24, 2.45) is 0 Å². The Balaban J connectivity index is 1.43. The highest BCUT2D eigenvalue weighted by molar-refractivity contribution is 5.82. The molecule has 2 atom stereocenters. The molecule has 166 valence electrons. The molecule has 0 aliphatic carbocycles. The molecule has 1 aromatic heterocycles. The van der Waals surface area contributed by atoms with E-state index in [2.05, 4.69) is 65.7 Å². The summed E-state index contributed by atoms with van der Waals surface area (Å²) in [4.78, 5) is 22.1. The van der Waals surface area contributed by atoms with Crippen LogP contribution in [0.25, 0.3) is 11.3 Å². The van der Waals surface area contributed by atoms with Gasteiger partial charge in [-0.25, -0.2) is 0 Å². The summed E-state index contributed by atoms with van der Waals surface area (Å²) in [5.41, 5.74) is 4.39. The molecule has 5 nitrogen and oxygen atoms in total. The van der Waals surface area contributed by atoms with Crippen molar-refractivity contribution in [1.82, 2.24) is 20.1 Å². The summed E-state index contributed by atoms with van der Waals surface area (Å²) in [5.74, 6) is 0.198. The molecule has 2 heterocycles. The second kappa shape index (κ2) is 10.5. The molecule has 3 aromatic rings. The third-order valence-electron chi connectivity index (χ3n) is 6.25. The number of likely N-dealkylation sites (tertiary alicyclic amines) is 1. The maximum Gasteiger partial charge on any atom is 0.240 e. The van der Waals surface area contributed by atoms with Gasteiger partial charge in [0, 0.05) is 37.4 Å². The molecular formula is C27H32N4O. The Labute approximate surface area is 191 Å². The summed E-state index contributed by atoms with van der Waals surface area (Å²) in [5, 5.41) is 3.54. The number of amides is 1. The Morgan fingerprint density at radius 1 is 1.03 bits per heavy atom. The molecule has 32 heavy (non-hydrogen) atoms. The van der Waals surface area contributed by atoms with Gasteiger partial charge in [-0.05, 0) is 50.2 Å². The van der Waals surface area contributed by atoms with E-state index in [9.17, 15) is 4.79 Å². The lowest BCUT2D eigenvalue weighted by atomic mass is 10.0. The SMILES string of the molecule is CN(C)C1CCN(C(=O)C(Cc2ccccc2)NCc2ccc(-c3ccccn3)cc2)C1. The molecule has 0 bridgehead atoms. The fraction of sp³-hybridized carbons (Fsp3) is 0.333. The van der Waals surface area contributed by atoms with Gasteiger partial charge in [0.05, 0.1) is 11.7 Å². The number of hydrogen-bond acceptors (Lipinski definition) is 4. The summed E-state index contributed by atoms with van der Waals surface area (Å²) in [6, 6.07) is 24.8. The predicted octanol–water partition coefficient (Wildman–Crippen LogP) is 3.61. The van der Waals surface area contributed by atoms with E-state index in [0.29, 0.717) is 19.0 Å². The smallest absolute Gasteiger partial charge is 0.240 e. The highest BCUT2D eigenvalue weighted by Gasteiger charge is 2.31. The summed E-state index contributed by atoms with van der Waals surface area (Å²) >= 11 is 0. The van der Waals surface area contributed by atoms with Gasteiger partial charge >= 0.3 is 0 Å². The number of benzene rings is 2. The topological polar surface area (TPSA) is 48.5 Å². The van der Waals surface area contributed by atoms with Gasteiger partial charge in [0.1, 0.15) is 0 Å². The lowest BCUT2D eigenvalue weighted by molar-refractivity contribution is -0.132. The number of carbonyl (C=O) groups is 1. The molecule has 1 amide bonds.